The summed E-state index contributed by atoms with van der Waals surface area (Å²) in [4.78, 5) is 42.2. The van der Waals surface area contributed by atoms with Crippen molar-refractivity contribution in [1.29, 1.82) is 0 Å². The number of carbonyl (C=O) groups excluding carboxylic acids is 1. The lowest BCUT2D eigenvalue weighted by Gasteiger charge is -2.26. The summed E-state index contributed by atoms with van der Waals surface area (Å²) in [5.74, 6) is -1.35. The Balaban J connectivity index is 1.83. The van der Waals surface area contributed by atoms with Crippen molar-refractivity contribution < 1.29 is 14.4 Å². The van der Waals surface area contributed by atoms with E-state index < -0.39 is 28.5 Å². The second kappa shape index (κ2) is 9.23. The van der Waals surface area contributed by atoms with Crippen LogP contribution < -0.4 is 21.5 Å². The lowest BCUT2D eigenvalue weighted by atomic mass is 10.1. The molecule has 0 saturated heterocycles. The number of nitrogens with zero attached hydrogens (tertiary/aromatic N) is 2. The predicted molar refractivity (Wildman–Crippen MR) is 121 cm³/mol. The van der Waals surface area contributed by atoms with Gasteiger partial charge in [-0.1, -0.05) is 53.3 Å². The standard InChI is InChI=1S/C24H19FN4O4/c25-17-13-11-16(12-14-17)15-26-22(30)20-21(27-24(32)29(33)23(20)31)28(18-7-3-1-4-8-18)19-9-5-2-6-10-19/h1-14,33H,15H2,(H,26,30)(H,27,32). The summed E-state index contributed by atoms with van der Waals surface area (Å²) >= 11 is 0. The average Bonchev–Trinajstić information content (AvgIpc) is 2.84. The maximum Gasteiger partial charge on any atom is 0.363 e. The molecule has 3 N–H and O–H groups in total. The van der Waals surface area contributed by atoms with Crippen molar-refractivity contribution in [3.63, 3.8) is 0 Å². The van der Waals surface area contributed by atoms with Crippen molar-refractivity contribution in [3.8, 4) is 0 Å². The van der Waals surface area contributed by atoms with Gasteiger partial charge in [0.05, 0.1) is 0 Å². The maximum atomic E-state index is 13.2. The Kier molecular flexibility index (Phi) is 6.03. The van der Waals surface area contributed by atoms with Gasteiger partial charge in [-0.15, -0.1) is 0 Å². The molecule has 8 nitrogen and oxygen atoms in total. The monoisotopic (exact) mass is 446 g/mol. The second-order valence-electron chi connectivity index (χ2n) is 7.09. The lowest BCUT2D eigenvalue weighted by Crippen LogP contribution is -2.41. The van der Waals surface area contributed by atoms with Gasteiger partial charge in [0.25, 0.3) is 5.91 Å². The third-order valence-electron chi connectivity index (χ3n) is 4.91. The van der Waals surface area contributed by atoms with Gasteiger partial charge < -0.3 is 10.5 Å². The zero-order valence-corrected chi connectivity index (χ0v) is 17.2. The molecule has 0 aliphatic carbocycles. The van der Waals surface area contributed by atoms with E-state index >= 15 is 0 Å². The van der Waals surface area contributed by atoms with Crippen LogP contribution in [0.3, 0.4) is 0 Å². The molecule has 0 aliphatic heterocycles. The fourth-order valence-corrected chi connectivity index (χ4v) is 3.32. The van der Waals surface area contributed by atoms with Gasteiger partial charge in [0.2, 0.25) is 0 Å². The number of anilines is 3. The van der Waals surface area contributed by atoms with Crippen LogP contribution in [0.25, 0.3) is 0 Å². The Hall–Kier alpha value is -4.66. The molecular formula is C24H19FN4O4. The molecule has 0 spiro atoms. The average molecular weight is 446 g/mol. The predicted octanol–water partition coefficient (Wildman–Crippen LogP) is 3.31. The smallest absolute Gasteiger partial charge is 0.363 e. The quantitative estimate of drug-likeness (QED) is 0.394. The normalized spacial score (nSPS) is 10.6. The van der Waals surface area contributed by atoms with E-state index in [9.17, 15) is 24.0 Å². The van der Waals surface area contributed by atoms with E-state index in [-0.39, 0.29) is 17.1 Å². The Morgan fingerprint density at radius 1 is 0.909 bits per heavy atom. The SMILES string of the molecule is O=C(NCc1ccc(F)cc1)c1c(N(c2ccccc2)c2ccccc2)[nH]c(=O)n(O)c1=O. The van der Waals surface area contributed by atoms with Crippen LogP contribution in [0.15, 0.2) is 94.5 Å². The number of H-pyrrole nitrogens is 1. The van der Waals surface area contributed by atoms with Crippen LogP contribution in [0, 0.1) is 5.82 Å². The van der Waals surface area contributed by atoms with Crippen LogP contribution in [0.2, 0.25) is 0 Å². The Morgan fingerprint density at radius 3 is 2.00 bits per heavy atom. The zero-order chi connectivity index (χ0) is 23.4. The first kappa shape index (κ1) is 21.6. The van der Waals surface area contributed by atoms with Gasteiger partial charge in [-0.3, -0.25) is 19.5 Å². The molecule has 33 heavy (non-hydrogen) atoms. The summed E-state index contributed by atoms with van der Waals surface area (Å²) in [6.45, 7) is -0.000772. The van der Waals surface area contributed by atoms with Crippen LogP contribution >= 0.6 is 0 Å². The summed E-state index contributed by atoms with van der Waals surface area (Å²) in [6, 6.07) is 23.2. The molecule has 1 heterocycles. The highest BCUT2D eigenvalue weighted by Crippen LogP contribution is 2.33. The number of rotatable bonds is 6. The van der Waals surface area contributed by atoms with E-state index in [0.29, 0.717) is 16.9 Å². The number of aromatic amines is 1. The van der Waals surface area contributed by atoms with Crippen LogP contribution in [0.1, 0.15) is 15.9 Å². The van der Waals surface area contributed by atoms with Gasteiger partial charge in [-0.05, 0) is 42.0 Å². The van der Waals surface area contributed by atoms with Gasteiger partial charge in [-0.25, -0.2) is 9.18 Å². The van der Waals surface area contributed by atoms with Gasteiger partial charge in [-0.2, -0.15) is 0 Å². The minimum atomic E-state index is -1.18. The summed E-state index contributed by atoms with van der Waals surface area (Å²) in [5, 5.41) is 12.5. The van der Waals surface area contributed by atoms with Gasteiger partial charge in [0, 0.05) is 17.9 Å². The summed E-state index contributed by atoms with van der Waals surface area (Å²) in [5.41, 5.74) is -0.997. The summed E-state index contributed by atoms with van der Waals surface area (Å²) in [6.07, 6.45) is 0. The first-order chi connectivity index (χ1) is 16.0. The number of hydrogen-bond donors (Lipinski definition) is 3. The summed E-state index contributed by atoms with van der Waals surface area (Å²) < 4.78 is 13.0. The van der Waals surface area contributed by atoms with E-state index in [1.165, 1.54) is 29.2 Å². The lowest BCUT2D eigenvalue weighted by molar-refractivity contribution is 0.0940. The van der Waals surface area contributed by atoms with E-state index in [4.69, 9.17) is 0 Å². The molecule has 0 aliphatic rings. The highest BCUT2D eigenvalue weighted by atomic mass is 19.1. The van der Waals surface area contributed by atoms with Crippen molar-refractivity contribution in [3.05, 3.63) is 123 Å². The fourth-order valence-electron chi connectivity index (χ4n) is 3.32. The molecule has 0 saturated carbocycles. The molecular weight excluding hydrogens is 427 g/mol. The molecule has 4 aromatic rings. The third kappa shape index (κ3) is 4.52. The zero-order valence-electron chi connectivity index (χ0n) is 17.2. The molecule has 0 atom stereocenters. The number of hydrogen-bond acceptors (Lipinski definition) is 5. The molecule has 0 bridgehead atoms. The van der Waals surface area contributed by atoms with Crippen molar-refractivity contribution in [2.45, 2.75) is 6.54 Å². The topological polar surface area (TPSA) is 107 Å². The maximum absolute atomic E-state index is 13.2. The first-order valence-electron chi connectivity index (χ1n) is 9.97. The highest BCUT2D eigenvalue weighted by molar-refractivity contribution is 6.00. The molecule has 0 fully saturated rings. The number of aromatic nitrogens is 2. The van der Waals surface area contributed by atoms with Crippen LogP contribution in [0.5, 0.6) is 0 Å². The first-order valence-corrected chi connectivity index (χ1v) is 9.97. The Morgan fingerprint density at radius 2 is 1.45 bits per heavy atom. The Bertz CT molecular complexity index is 1340. The van der Waals surface area contributed by atoms with Crippen molar-refractivity contribution in [1.82, 2.24) is 15.0 Å². The van der Waals surface area contributed by atoms with Crippen LogP contribution in [-0.2, 0) is 6.54 Å². The highest BCUT2D eigenvalue weighted by Gasteiger charge is 2.26. The molecule has 0 unspecified atom stereocenters. The molecule has 0 radical (unpaired) electrons. The second-order valence-corrected chi connectivity index (χ2v) is 7.09. The molecule has 1 aromatic heterocycles. The molecule has 166 valence electrons. The Labute approximate surface area is 187 Å². The van der Waals surface area contributed by atoms with E-state index in [1.54, 1.807) is 60.7 Å². The summed E-state index contributed by atoms with van der Waals surface area (Å²) in [7, 11) is 0. The minimum Gasteiger partial charge on any atom is -0.421 e. The molecule has 1 amide bonds. The number of nitrogens with one attached hydrogen (secondary N) is 2. The van der Waals surface area contributed by atoms with E-state index in [1.807, 2.05) is 0 Å². The third-order valence-corrected chi connectivity index (χ3v) is 4.91. The number of benzene rings is 3. The van der Waals surface area contributed by atoms with Crippen LogP contribution in [0.4, 0.5) is 21.6 Å². The van der Waals surface area contributed by atoms with Gasteiger partial charge in [0.15, 0.2) is 0 Å². The van der Waals surface area contributed by atoms with Crippen LogP contribution in [-0.4, -0.2) is 20.8 Å². The number of halogens is 1. The number of amides is 1. The van der Waals surface area contributed by atoms with Crippen molar-refractivity contribution in [2.24, 2.45) is 0 Å². The number of carbonyl (C=O) groups is 1. The largest absolute Gasteiger partial charge is 0.421 e. The fraction of sp³-hybridized carbons (Fsp3) is 0.0417. The molecule has 4 rings (SSSR count). The van der Waals surface area contributed by atoms with Gasteiger partial charge in [0.1, 0.15) is 17.2 Å². The molecule has 9 heteroatoms. The van der Waals surface area contributed by atoms with Crippen molar-refractivity contribution >= 4 is 23.1 Å². The minimum absolute atomic E-state index is 0.000772. The van der Waals surface area contributed by atoms with Crippen molar-refractivity contribution in [2.75, 3.05) is 4.90 Å². The van der Waals surface area contributed by atoms with Gasteiger partial charge >= 0.3 is 11.2 Å². The number of para-hydroxylation sites is 2. The van der Waals surface area contributed by atoms with E-state index in [0.717, 1.165) is 0 Å². The molecule has 3 aromatic carbocycles. The van der Waals surface area contributed by atoms with E-state index in [2.05, 4.69) is 10.3 Å².